The Bertz CT molecular complexity index is 399. The maximum Gasteiger partial charge on any atom is 0.270 e. The predicted molar refractivity (Wildman–Crippen MR) is 68.5 cm³/mol. The third-order valence-corrected chi connectivity index (χ3v) is 3.79. The normalized spacial score (nSPS) is 20.6. The maximum atomic E-state index is 12.2. The molecule has 3 N–H and O–H groups in total. The fraction of sp³-hybridized carbons (Fsp3) is 0.545. The quantitative estimate of drug-likeness (QED) is 0.869. The summed E-state index contributed by atoms with van der Waals surface area (Å²) in [4.78, 5) is 16.8. The summed E-state index contributed by atoms with van der Waals surface area (Å²) in [7, 11) is 0. The van der Waals surface area contributed by atoms with Crippen LogP contribution in [0.15, 0.2) is 6.07 Å². The molecule has 0 saturated carbocycles. The lowest BCUT2D eigenvalue weighted by Gasteiger charge is -2.31. The van der Waals surface area contributed by atoms with E-state index >= 15 is 0 Å². The van der Waals surface area contributed by atoms with Crippen LogP contribution in [0.4, 0.5) is 0 Å². The second-order valence-corrected chi connectivity index (χ2v) is 5.13. The van der Waals surface area contributed by atoms with Gasteiger partial charge in [0.15, 0.2) is 0 Å². The van der Waals surface area contributed by atoms with E-state index in [1.807, 2.05) is 0 Å². The highest BCUT2D eigenvalue weighted by atomic mass is 35.5. The highest BCUT2D eigenvalue weighted by Crippen LogP contribution is 2.24. The van der Waals surface area contributed by atoms with Crippen molar-refractivity contribution in [3.8, 4) is 0 Å². The molecular formula is C11H15Cl2N3O. The van der Waals surface area contributed by atoms with Gasteiger partial charge in [-0.2, -0.15) is 0 Å². The van der Waals surface area contributed by atoms with Crippen molar-refractivity contribution in [1.82, 2.24) is 9.88 Å². The van der Waals surface area contributed by atoms with E-state index in [-0.39, 0.29) is 5.91 Å². The number of nitrogens with two attached hydrogens (primary N) is 1. The van der Waals surface area contributed by atoms with Crippen molar-refractivity contribution in [1.29, 1.82) is 0 Å². The van der Waals surface area contributed by atoms with E-state index in [4.69, 9.17) is 28.9 Å². The summed E-state index contributed by atoms with van der Waals surface area (Å²) in [5.74, 6) is 0.338. The molecule has 1 aromatic heterocycles. The van der Waals surface area contributed by atoms with Crippen LogP contribution >= 0.6 is 23.2 Å². The number of piperidine rings is 1. The number of rotatable bonds is 2. The first-order chi connectivity index (χ1) is 8.11. The van der Waals surface area contributed by atoms with Crippen molar-refractivity contribution in [2.75, 3.05) is 19.6 Å². The molecule has 0 spiro atoms. The average molecular weight is 276 g/mol. The number of hydrogen-bond acceptors (Lipinski definition) is 2. The van der Waals surface area contributed by atoms with Crippen LogP contribution in [-0.2, 0) is 0 Å². The summed E-state index contributed by atoms with van der Waals surface area (Å²) in [6.07, 6.45) is 2.09. The fourth-order valence-corrected chi connectivity index (χ4v) is 2.44. The number of carbonyl (C=O) groups is 1. The third-order valence-electron chi connectivity index (χ3n) is 3.10. The summed E-state index contributed by atoms with van der Waals surface area (Å²) in [5, 5.41) is 0.685. The number of amides is 1. The predicted octanol–water partition coefficient (Wildman–Crippen LogP) is 2.13. The Morgan fingerprint density at radius 3 is 2.94 bits per heavy atom. The zero-order chi connectivity index (χ0) is 12.4. The topological polar surface area (TPSA) is 62.1 Å². The van der Waals surface area contributed by atoms with Crippen LogP contribution < -0.4 is 5.73 Å². The van der Waals surface area contributed by atoms with Gasteiger partial charge in [-0.3, -0.25) is 4.79 Å². The number of aromatic nitrogens is 1. The van der Waals surface area contributed by atoms with Gasteiger partial charge in [0, 0.05) is 13.1 Å². The summed E-state index contributed by atoms with van der Waals surface area (Å²) >= 11 is 11.6. The van der Waals surface area contributed by atoms with Crippen LogP contribution in [-0.4, -0.2) is 35.4 Å². The molecule has 0 aliphatic carbocycles. The number of hydrogen-bond donors (Lipinski definition) is 2. The van der Waals surface area contributed by atoms with Crippen molar-refractivity contribution in [2.24, 2.45) is 11.7 Å². The fourth-order valence-electron chi connectivity index (χ4n) is 2.13. The summed E-state index contributed by atoms with van der Waals surface area (Å²) in [6, 6.07) is 1.57. The lowest BCUT2D eigenvalue weighted by Crippen LogP contribution is -2.42. The van der Waals surface area contributed by atoms with E-state index in [0.717, 1.165) is 19.4 Å². The second kappa shape index (κ2) is 5.29. The van der Waals surface area contributed by atoms with Crippen LogP contribution in [0.2, 0.25) is 10.2 Å². The number of halogens is 2. The Balaban J connectivity index is 2.09. The molecule has 1 unspecified atom stereocenters. The SMILES string of the molecule is NCC1CCCN(C(=O)c2cc(Cl)c(Cl)[nH]2)C1. The van der Waals surface area contributed by atoms with Crippen LogP contribution in [0.5, 0.6) is 0 Å². The van der Waals surface area contributed by atoms with E-state index in [1.165, 1.54) is 0 Å². The number of H-pyrrole nitrogens is 1. The van der Waals surface area contributed by atoms with E-state index in [0.29, 0.717) is 34.9 Å². The zero-order valence-corrected chi connectivity index (χ0v) is 10.9. The monoisotopic (exact) mass is 275 g/mol. The molecule has 0 bridgehead atoms. The van der Waals surface area contributed by atoms with Crippen molar-refractivity contribution >= 4 is 29.1 Å². The van der Waals surface area contributed by atoms with Crippen molar-refractivity contribution < 1.29 is 4.79 Å². The molecule has 1 saturated heterocycles. The minimum atomic E-state index is -0.0584. The molecule has 6 heteroatoms. The first kappa shape index (κ1) is 12.7. The van der Waals surface area contributed by atoms with Crippen LogP contribution in [0.25, 0.3) is 0 Å². The maximum absolute atomic E-state index is 12.2. The van der Waals surface area contributed by atoms with Crippen LogP contribution in [0, 0.1) is 5.92 Å². The molecule has 1 atom stereocenters. The molecule has 0 radical (unpaired) electrons. The van der Waals surface area contributed by atoms with Gasteiger partial charge < -0.3 is 15.6 Å². The van der Waals surface area contributed by atoms with Gasteiger partial charge in [-0.05, 0) is 31.4 Å². The van der Waals surface area contributed by atoms with Gasteiger partial charge >= 0.3 is 0 Å². The van der Waals surface area contributed by atoms with Gasteiger partial charge in [-0.15, -0.1) is 0 Å². The minimum Gasteiger partial charge on any atom is -0.340 e. The summed E-state index contributed by atoms with van der Waals surface area (Å²) in [6.45, 7) is 2.10. The molecule has 1 fully saturated rings. The highest BCUT2D eigenvalue weighted by Gasteiger charge is 2.25. The summed E-state index contributed by atoms with van der Waals surface area (Å²) in [5.41, 5.74) is 6.09. The number of nitrogens with one attached hydrogen (secondary N) is 1. The van der Waals surface area contributed by atoms with Gasteiger partial charge in [0.05, 0.1) is 5.02 Å². The minimum absolute atomic E-state index is 0.0584. The Labute approximate surface area is 110 Å². The zero-order valence-electron chi connectivity index (χ0n) is 9.38. The van der Waals surface area contributed by atoms with Crippen LogP contribution in [0.3, 0.4) is 0 Å². The van der Waals surface area contributed by atoms with Gasteiger partial charge in [-0.25, -0.2) is 0 Å². The molecular weight excluding hydrogens is 261 g/mol. The van der Waals surface area contributed by atoms with Crippen LogP contribution in [0.1, 0.15) is 23.3 Å². The largest absolute Gasteiger partial charge is 0.340 e. The van der Waals surface area contributed by atoms with E-state index in [9.17, 15) is 4.79 Å². The molecule has 94 valence electrons. The first-order valence-electron chi connectivity index (χ1n) is 5.65. The van der Waals surface area contributed by atoms with Gasteiger partial charge in [-0.1, -0.05) is 23.2 Å². The van der Waals surface area contributed by atoms with Crippen molar-refractivity contribution in [3.63, 3.8) is 0 Å². The number of aromatic amines is 1. The molecule has 1 aromatic rings. The number of nitrogens with zero attached hydrogens (tertiary/aromatic N) is 1. The van der Waals surface area contributed by atoms with Gasteiger partial charge in [0.25, 0.3) is 5.91 Å². The Morgan fingerprint density at radius 2 is 2.35 bits per heavy atom. The standard InChI is InChI=1S/C11H15Cl2N3O/c12-8-4-9(15-10(8)13)11(17)16-3-1-2-7(5-14)6-16/h4,7,15H,1-3,5-6,14H2. The average Bonchev–Trinajstić information content (AvgIpc) is 2.69. The lowest BCUT2D eigenvalue weighted by molar-refractivity contribution is 0.0673. The molecule has 17 heavy (non-hydrogen) atoms. The molecule has 4 nitrogen and oxygen atoms in total. The van der Waals surface area contributed by atoms with Crippen molar-refractivity contribution in [3.05, 3.63) is 21.9 Å². The molecule has 1 amide bonds. The highest BCUT2D eigenvalue weighted by molar-refractivity contribution is 6.41. The molecule has 2 heterocycles. The number of likely N-dealkylation sites (tertiary alicyclic amines) is 1. The van der Waals surface area contributed by atoms with Crippen molar-refractivity contribution in [2.45, 2.75) is 12.8 Å². The number of carbonyl (C=O) groups excluding carboxylic acids is 1. The molecule has 1 aliphatic heterocycles. The molecule has 1 aliphatic rings. The lowest BCUT2D eigenvalue weighted by atomic mass is 9.98. The second-order valence-electron chi connectivity index (χ2n) is 4.34. The van der Waals surface area contributed by atoms with E-state index in [1.54, 1.807) is 11.0 Å². The summed E-state index contributed by atoms with van der Waals surface area (Å²) < 4.78 is 0. The Morgan fingerprint density at radius 1 is 1.59 bits per heavy atom. The first-order valence-corrected chi connectivity index (χ1v) is 6.40. The Kier molecular flexibility index (Phi) is 3.97. The molecule has 2 rings (SSSR count). The van der Waals surface area contributed by atoms with Gasteiger partial charge in [0.2, 0.25) is 0 Å². The Hall–Kier alpha value is -0.710. The van der Waals surface area contributed by atoms with E-state index < -0.39 is 0 Å². The smallest absolute Gasteiger partial charge is 0.270 e. The third kappa shape index (κ3) is 2.76. The van der Waals surface area contributed by atoms with Gasteiger partial charge in [0.1, 0.15) is 10.8 Å². The molecule has 0 aromatic carbocycles. The van der Waals surface area contributed by atoms with E-state index in [2.05, 4.69) is 4.98 Å².